The minimum Gasteiger partial charge on any atom is -0.464 e. The van der Waals surface area contributed by atoms with Crippen molar-refractivity contribution in [3.05, 3.63) is 47.1 Å². The molecule has 7 nitrogen and oxygen atoms in total. The Balaban J connectivity index is 1.52. The quantitative estimate of drug-likeness (QED) is 0.245. The molecule has 0 atom stereocenters. The van der Waals surface area contributed by atoms with Crippen LogP contribution in [-0.4, -0.2) is 34.2 Å². The van der Waals surface area contributed by atoms with Gasteiger partial charge in [-0.3, -0.25) is 4.79 Å². The lowest BCUT2D eigenvalue weighted by Gasteiger charge is -2.08. The third-order valence-electron chi connectivity index (χ3n) is 3.88. The molecule has 0 bridgehead atoms. The third-order valence-corrected chi connectivity index (χ3v) is 6.60. The van der Waals surface area contributed by atoms with E-state index in [1.807, 2.05) is 11.4 Å². The van der Waals surface area contributed by atoms with E-state index in [0.29, 0.717) is 21.9 Å². The van der Waals surface area contributed by atoms with Crippen LogP contribution in [0.5, 0.6) is 0 Å². The number of carbonyl (C=O) groups excluding carboxylic acids is 2. The number of aromatic nitrogens is 2. The second kappa shape index (κ2) is 8.76. The van der Waals surface area contributed by atoms with E-state index in [2.05, 4.69) is 15.3 Å². The summed E-state index contributed by atoms with van der Waals surface area (Å²) in [4.78, 5) is 34.4. The van der Waals surface area contributed by atoms with Crippen LogP contribution in [0.1, 0.15) is 17.3 Å². The summed E-state index contributed by atoms with van der Waals surface area (Å²) in [6.07, 6.45) is 3.02. The number of nitrogens with one attached hydrogen (secondary N) is 1. The predicted molar refractivity (Wildman–Crippen MR) is 115 cm³/mol. The molecule has 10 heteroatoms. The van der Waals surface area contributed by atoms with Gasteiger partial charge in [-0.2, -0.15) is 0 Å². The van der Waals surface area contributed by atoms with Crippen LogP contribution in [0.4, 0.5) is 5.00 Å². The summed E-state index contributed by atoms with van der Waals surface area (Å²) in [6.45, 7) is 1.97. The third kappa shape index (κ3) is 4.19. The summed E-state index contributed by atoms with van der Waals surface area (Å²) in [6, 6.07) is 5.44. The van der Waals surface area contributed by atoms with Crippen molar-refractivity contribution in [1.82, 2.24) is 9.97 Å². The molecule has 4 rings (SSSR count). The minimum absolute atomic E-state index is 0.151. The number of nitrogens with zero attached hydrogens (tertiary/aromatic N) is 2. The van der Waals surface area contributed by atoms with Gasteiger partial charge in [-0.15, -0.1) is 22.7 Å². The summed E-state index contributed by atoms with van der Waals surface area (Å²) in [5, 5.41) is 8.65. The summed E-state index contributed by atoms with van der Waals surface area (Å²) >= 11 is 4.11. The Kier molecular flexibility index (Phi) is 5.93. The largest absolute Gasteiger partial charge is 0.464 e. The van der Waals surface area contributed by atoms with Crippen molar-refractivity contribution >= 4 is 61.5 Å². The summed E-state index contributed by atoms with van der Waals surface area (Å²) in [7, 11) is 0. The summed E-state index contributed by atoms with van der Waals surface area (Å²) < 4.78 is 10.6. The Bertz CT molecular complexity index is 1150. The van der Waals surface area contributed by atoms with Gasteiger partial charge in [-0.1, -0.05) is 11.8 Å². The average molecular weight is 446 g/mol. The number of furan rings is 1. The Morgan fingerprint density at radius 1 is 1.28 bits per heavy atom. The highest BCUT2D eigenvalue weighted by Crippen LogP contribution is 2.36. The molecule has 0 radical (unpaired) electrons. The van der Waals surface area contributed by atoms with E-state index in [0.717, 1.165) is 15.2 Å². The van der Waals surface area contributed by atoms with Gasteiger partial charge in [-0.25, -0.2) is 14.8 Å². The number of ether oxygens (including phenoxy) is 1. The molecule has 0 unspecified atom stereocenters. The monoisotopic (exact) mass is 445 g/mol. The lowest BCUT2D eigenvalue weighted by atomic mass is 10.1. The second-order valence-corrected chi connectivity index (χ2v) is 8.44. The molecule has 4 aromatic rings. The number of carbonyl (C=O) groups is 2. The number of anilines is 1. The van der Waals surface area contributed by atoms with Crippen LogP contribution in [-0.2, 0) is 9.53 Å². The molecule has 0 spiro atoms. The van der Waals surface area contributed by atoms with Crippen molar-refractivity contribution < 1.29 is 18.7 Å². The van der Waals surface area contributed by atoms with Gasteiger partial charge >= 0.3 is 5.97 Å². The van der Waals surface area contributed by atoms with Gasteiger partial charge in [0.05, 0.1) is 18.6 Å². The Morgan fingerprint density at radius 3 is 2.97 bits per heavy atom. The van der Waals surface area contributed by atoms with Gasteiger partial charge in [0, 0.05) is 16.3 Å². The molecule has 0 aliphatic rings. The predicted octanol–water partition coefficient (Wildman–Crippen LogP) is 4.92. The number of thioether (sulfide) groups is 1. The number of hydrogen-bond acceptors (Lipinski definition) is 9. The Hall–Kier alpha value is -2.69. The number of rotatable bonds is 7. The maximum Gasteiger partial charge on any atom is 0.341 e. The standard InChI is InChI=1S/C19H15N3O4S3/c1-2-25-19(24)15-12(13-4-3-6-26-13)8-28-18(15)22-14(23)9-29-17-11-5-7-27-16(11)20-10-21-17/h3-8,10H,2,9H2,1H3,(H,22,23). The van der Waals surface area contributed by atoms with Gasteiger partial charge in [0.1, 0.15) is 32.5 Å². The van der Waals surface area contributed by atoms with Gasteiger partial charge in [0.25, 0.3) is 0 Å². The Morgan fingerprint density at radius 2 is 2.17 bits per heavy atom. The molecule has 29 heavy (non-hydrogen) atoms. The highest BCUT2D eigenvalue weighted by molar-refractivity contribution is 8.00. The first-order valence-electron chi connectivity index (χ1n) is 8.60. The number of fused-ring (bicyclic) bond motifs is 1. The fourth-order valence-electron chi connectivity index (χ4n) is 2.65. The van der Waals surface area contributed by atoms with Crippen LogP contribution in [0, 0.1) is 0 Å². The maximum absolute atomic E-state index is 12.5. The van der Waals surface area contributed by atoms with Crippen LogP contribution in [0.15, 0.2) is 51.0 Å². The average Bonchev–Trinajstić information content (AvgIpc) is 3.46. The lowest BCUT2D eigenvalue weighted by molar-refractivity contribution is -0.113. The maximum atomic E-state index is 12.5. The zero-order chi connectivity index (χ0) is 20.2. The minimum atomic E-state index is -0.501. The summed E-state index contributed by atoms with van der Waals surface area (Å²) in [5.41, 5.74) is 0.893. The SMILES string of the molecule is CCOC(=O)c1c(-c2ccco2)csc1NC(=O)CSc1ncnc2sccc12. The highest BCUT2D eigenvalue weighted by Gasteiger charge is 2.24. The molecule has 4 aromatic heterocycles. The van der Waals surface area contributed by atoms with Gasteiger partial charge in [-0.05, 0) is 30.5 Å². The first-order chi connectivity index (χ1) is 14.2. The van der Waals surface area contributed by atoms with E-state index >= 15 is 0 Å². The first kappa shape index (κ1) is 19.6. The van der Waals surface area contributed by atoms with E-state index in [-0.39, 0.29) is 18.3 Å². The normalized spacial score (nSPS) is 10.9. The number of esters is 1. The van der Waals surface area contributed by atoms with Crippen molar-refractivity contribution in [3.63, 3.8) is 0 Å². The fraction of sp³-hybridized carbons (Fsp3) is 0.158. The second-order valence-electron chi connectivity index (χ2n) is 5.71. The van der Waals surface area contributed by atoms with Crippen LogP contribution < -0.4 is 5.32 Å². The van der Waals surface area contributed by atoms with Gasteiger partial charge < -0.3 is 14.5 Å². The fourth-order valence-corrected chi connectivity index (χ4v) is 5.18. The molecule has 1 amide bonds. The molecule has 4 heterocycles. The molecule has 0 aromatic carbocycles. The zero-order valence-electron chi connectivity index (χ0n) is 15.2. The summed E-state index contributed by atoms with van der Waals surface area (Å²) in [5.74, 6) is -0.0487. The molecule has 1 N–H and O–H groups in total. The van der Waals surface area contributed by atoms with Crippen LogP contribution in [0.25, 0.3) is 21.5 Å². The number of hydrogen-bond donors (Lipinski definition) is 1. The molecule has 148 valence electrons. The van der Waals surface area contributed by atoms with Crippen molar-refractivity contribution in [2.75, 3.05) is 17.7 Å². The molecule has 0 aliphatic heterocycles. The van der Waals surface area contributed by atoms with E-state index in [4.69, 9.17) is 9.15 Å². The van der Waals surface area contributed by atoms with Crippen molar-refractivity contribution in [1.29, 1.82) is 0 Å². The molecule has 0 saturated carbocycles. The van der Waals surface area contributed by atoms with Crippen molar-refractivity contribution in [2.45, 2.75) is 11.9 Å². The van der Waals surface area contributed by atoms with Crippen LogP contribution in [0.2, 0.25) is 0 Å². The number of thiophene rings is 2. The molecule has 0 saturated heterocycles. The first-order valence-corrected chi connectivity index (χ1v) is 11.3. The van der Waals surface area contributed by atoms with Gasteiger partial charge in [0.15, 0.2) is 0 Å². The Labute approximate surface area is 178 Å². The lowest BCUT2D eigenvalue weighted by Crippen LogP contribution is -2.16. The molecular formula is C19H15N3O4S3. The van der Waals surface area contributed by atoms with Crippen molar-refractivity contribution in [3.8, 4) is 11.3 Å². The van der Waals surface area contributed by atoms with E-state index in [1.165, 1.54) is 47.0 Å². The van der Waals surface area contributed by atoms with E-state index in [9.17, 15) is 9.59 Å². The van der Waals surface area contributed by atoms with E-state index in [1.54, 1.807) is 24.4 Å². The smallest absolute Gasteiger partial charge is 0.341 e. The van der Waals surface area contributed by atoms with E-state index < -0.39 is 5.97 Å². The van der Waals surface area contributed by atoms with Gasteiger partial charge in [0.2, 0.25) is 5.91 Å². The zero-order valence-corrected chi connectivity index (χ0v) is 17.7. The highest BCUT2D eigenvalue weighted by atomic mass is 32.2. The van der Waals surface area contributed by atoms with Crippen molar-refractivity contribution in [2.24, 2.45) is 0 Å². The molecule has 0 aliphatic carbocycles. The molecule has 0 fully saturated rings. The molecular weight excluding hydrogens is 430 g/mol. The van der Waals surface area contributed by atoms with Crippen LogP contribution >= 0.6 is 34.4 Å². The number of amides is 1. The topological polar surface area (TPSA) is 94.3 Å². The van der Waals surface area contributed by atoms with Crippen LogP contribution in [0.3, 0.4) is 0 Å².